The van der Waals surface area contributed by atoms with Gasteiger partial charge in [0.15, 0.2) is 5.76 Å². The van der Waals surface area contributed by atoms with Gasteiger partial charge in [0.05, 0.1) is 6.26 Å². The third-order valence-corrected chi connectivity index (χ3v) is 6.16. The normalized spacial score (nSPS) is 15.4. The number of piperazine rings is 1. The number of ether oxygens (including phenoxy) is 1. The van der Waals surface area contributed by atoms with Gasteiger partial charge < -0.3 is 24.1 Å². The number of amides is 1. The Balaban J connectivity index is 1.33. The summed E-state index contributed by atoms with van der Waals surface area (Å²) in [5, 5.41) is 10.9. The third kappa shape index (κ3) is 4.40. The molecular weight excluding hydrogens is 434 g/mol. The average Bonchev–Trinajstić information content (AvgIpc) is 3.54. The van der Waals surface area contributed by atoms with E-state index in [9.17, 15) is 14.7 Å². The van der Waals surface area contributed by atoms with Gasteiger partial charge in [-0.1, -0.05) is 30.3 Å². The highest BCUT2D eigenvalue weighted by Crippen LogP contribution is 2.32. The summed E-state index contributed by atoms with van der Waals surface area (Å²) in [6, 6.07) is 18.0. The largest absolute Gasteiger partial charge is 0.489 e. The number of aliphatic carboxylic acids is 1. The molecule has 2 aromatic heterocycles. The predicted molar refractivity (Wildman–Crippen MR) is 126 cm³/mol. The van der Waals surface area contributed by atoms with Gasteiger partial charge in [-0.2, -0.15) is 0 Å². The van der Waals surface area contributed by atoms with Gasteiger partial charge in [-0.05, 0) is 35.9 Å². The summed E-state index contributed by atoms with van der Waals surface area (Å²) >= 11 is 0. The van der Waals surface area contributed by atoms with Crippen molar-refractivity contribution in [2.75, 3.05) is 26.2 Å². The Bertz CT molecular complexity index is 1270. The zero-order valence-corrected chi connectivity index (χ0v) is 18.5. The monoisotopic (exact) mass is 459 g/mol. The minimum atomic E-state index is -0.928. The maximum Gasteiger partial charge on any atom is 0.325 e. The van der Waals surface area contributed by atoms with Crippen LogP contribution >= 0.6 is 0 Å². The standard InChI is InChI=1S/C26H25N3O5/c30-25(23-7-4-14-33-23)29-12-10-28(11-13-29)24(26(31)32)21-16-27-22-9-8-19(15-20(21)22)34-17-18-5-2-1-3-6-18/h1-9,14-16,24,27H,10-13,17H2,(H,31,32). The van der Waals surface area contributed by atoms with E-state index in [2.05, 4.69) is 4.98 Å². The van der Waals surface area contributed by atoms with Gasteiger partial charge >= 0.3 is 5.97 Å². The van der Waals surface area contributed by atoms with Gasteiger partial charge in [0.25, 0.3) is 5.91 Å². The Labute approximate surface area is 196 Å². The number of carbonyl (C=O) groups is 2. The van der Waals surface area contributed by atoms with Crippen molar-refractivity contribution in [1.82, 2.24) is 14.8 Å². The van der Waals surface area contributed by atoms with Crippen LogP contribution in [0.5, 0.6) is 5.75 Å². The molecule has 1 amide bonds. The third-order valence-electron chi connectivity index (χ3n) is 6.16. The fraction of sp³-hybridized carbons (Fsp3) is 0.231. The summed E-state index contributed by atoms with van der Waals surface area (Å²) in [6.07, 6.45) is 3.23. The molecule has 0 bridgehead atoms. The zero-order chi connectivity index (χ0) is 23.5. The number of carboxylic acid groups (broad SMARTS) is 1. The molecule has 2 aromatic carbocycles. The fourth-order valence-corrected chi connectivity index (χ4v) is 4.40. The maximum absolute atomic E-state index is 12.6. The van der Waals surface area contributed by atoms with Crippen LogP contribution in [-0.2, 0) is 11.4 Å². The Kier molecular flexibility index (Phi) is 6.05. The SMILES string of the molecule is O=C(O)C(c1c[nH]c2ccc(OCc3ccccc3)cc12)N1CCN(C(=O)c2ccco2)CC1. The number of nitrogens with one attached hydrogen (secondary N) is 1. The smallest absolute Gasteiger partial charge is 0.325 e. The molecule has 0 radical (unpaired) electrons. The molecule has 34 heavy (non-hydrogen) atoms. The van der Waals surface area contributed by atoms with E-state index < -0.39 is 12.0 Å². The number of aromatic amines is 1. The van der Waals surface area contributed by atoms with Crippen LogP contribution < -0.4 is 4.74 Å². The minimum Gasteiger partial charge on any atom is -0.489 e. The highest BCUT2D eigenvalue weighted by Gasteiger charge is 2.33. The van der Waals surface area contributed by atoms with Crippen LogP contribution in [0.2, 0.25) is 0 Å². The van der Waals surface area contributed by atoms with Crippen LogP contribution in [0.4, 0.5) is 0 Å². The number of furan rings is 1. The Morgan fingerprint density at radius 2 is 1.82 bits per heavy atom. The number of aromatic nitrogens is 1. The number of hydrogen-bond acceptors (Lipinski definition) is 5. The van der Waals surface area contributed by atoms with Gasteiger partial charge in [0.2, 0.25) is 0 Å². The Morgan fingerprint density at radius 3 is 2.53 bits per heavy atom. The van der Waals surface area contributed by atoms with Gasteiger partial charge in [0.1, 0.15) is 18.4 Å². The minimum absolute atomic E-state index is 0.177. The molecule has 1 aliphatic heterocycles. The van der Waals surface area contributed by atoms with Crippen LogP contribution in [0.1, 0.15) is 27.7 Å². The first-order valence-corrected chi connectivity index (χ1v) is 11.2. The molecule has 0 spiro atoms. The predicted octanol–water partition coefficient (Wildman–Crippen LogP) is 3.92. The van der Waals surface area contributed by atoms with E-state index in [0.29, 0.717) is 49.9 Å². The summed E-state index contributed by atoms with van der Waals surface area (Å²) in [7, 11) is 0. The lowest BCUT2D eigenvalue weighted by atomic mass is 10.0. The molecule has 0 aliphatic carbocycles. The molecule has 1 aliphatic rings. The number of rotatable bonds is 7. The molecule has 5 rings (SSSR count). The first kappa shape index (κ1) is 21.8. The Morgan fingerprint density at radius 1 is 1.03 bits per heavy atom. The van der Waals surface area contributed by atoms with Gasteiger partial charge in [-0.3, -0.25) is 14.5 Å². The summed E-state index contributed by atoms with van der Waals surface area (Å²) in [6.45, 7) is 2.18. The van der Waals surface area contributed by atoms with Crippen LogP contribution in [0.3, 0.4) is 0 Å². The van der Waals surface area contributed by atoms with Crippen molar-refractivity contribution in [1.29, 1.82) is 0 Å². The number of fused-ring (bicyclic) bond motifs is 1. The van der Waals surface area contributed by atoms with Crippen molar-refractivity contribution >= 4 is 22.8 Å². The van der Waals surface area contributed by atoms with Gasteiger partial charge in [-0.15, -0.1) is 0 Å². The van der Waals surface area contributed by atoms with E-state index in [1.807, 2.05) is 53.4 Å². The molecule has 1 saturated heterocycles. The van der Waals surface area contributed by atoms with Crippen molar-refractivity contribution in [3.8, 4) is 5.75 Å². The van der Waals surface area contributed by atoms with Crippen molar-refractivity contribution in [2.24, 2.45) is 0 Å². The fourth-order valence-electron chi connectivity index (χ4n) is 4.40. The Hall–Kier alpha value is -4.04. The highest BCUT2D eigenvalue weighted by atomic mass is 16.5. The van der Waals surface area contributed by atoms with Crippen molar-refractivity contribution in [2.45, 2.75) is 12.6 Å². The molecule has 1 atom stereocenters. The van der Waals surface area contributed by atoms with E-state index >= 15 is 0 Å². The summed E-state index contributed by atoms with van der Waals surface area (Å²) in [5.74, 6) is -0.135. The molecule has 0 saturated carbocycles. The number of hydrogen-bond donors (Lipinski definition) is 2. The van der Waals surface area contributed by atoms with E-state index in [-0.39, 0.29) is 5.91 Å². The number of carbonyl (C=O) groups excluding carboxylic acids is 1. The van der Waals surface area contributed by atoms with E-state index in [0.717, 1.165) is 16.5 Å². The molecule has 8 heteroatoms. The lowest BCUT2D eigenvalue weighted by Crippen LogP contribution is -2.50. The zero-order valence-electron chi connectivity index (χ0n) is 18.5. The van der Waals surface area contributed by atoms with Crippen molar-refractivity contribution in [3.63, 3.8) is 0 Å². The lowest BCUT2D eigenvalue weighted by molar-refractivity contribution is -0.144. The molecule has 4 aromatic rings. The lowest BCUT2D eigenvalue weighted by Gasteiger charge is -2.37. The molecule has 3 heterocycles. The van der Waals surface area contributed by atoms with E-state index in [4.69, 9.17) is 9.15 Å². The van der Waals surface area contributed by atoms with Crippen LogP contribution in [0.25, 0.3) is 10.9 Å². The quantitative estimate of drug-likeness (QED) is 0.435. The second kappa shape index (κ2) is 9.44. The van der Waals surface area contributed by atoms with Crippen molar-refractivity contribution < 1.29 is 23.8 Å². The second-order valence-electron chi connectivity index (χ2n) is 8.27. The van der Waals surface area contributed by atoms with Gasteiger partial charge in [-0.25, -0.2) is 0 Å². The number of nitrogens with zero attached hydrogens (tertiary/aromatic N) is 2. The average molecular weight is 460 g/mol. The van der Waals surface area contributed by atoms with Gasteiger partial charge in [0, 0.05) is 48.8 Å². The van der Waals surface area contributed by atoms with Crippen LogP contribution in [-0.4, -0.2) is 57.9 Å². The molecule has 2 N–H and O–H groups in total. The molecular formula is C26H25N3O5. The molecule has 8 nitrogen and oxygen atoms in total. The van der Waals surface area contributed by atoms with Crippen molar-refractivity contribution in [3.05, 3.63) is 90.0 Å². The summed E-state index contributed by atoms with van der Waals surface area (Å²) < 4.78 is 11.2. The summed E-state index contributed by atoms with van der Waals surface area (Å²) in [5.41, 5.74) is 2.58. The molecule has 1 unspecified atom stereocenters. The molecule has 1 fully saturated rings. The van der Waals surface area contributed by atoms with E-state index in [1.54, 1.807) is 23.2 Å². The summed E-state index contributed by atoms with van der Waals surface area (Å²) in [4.78, 5) is 31.7. The van der Waals surface area contributed by atoms with E-state index in [1.165, 1.54) is 6.26 Å². The number of H-pyrrole nitrogens is 1. The highest BCUT2D eigenvalue weighted by molar-refractivity contribution is 5.92. The first-order chi connectivity index (χ1) is 16.6. The number of benzene rings is 2. The second-order valence-corrected chi connectivity index (χ2v) is 8.27. The number of carboxylic acids is 1. The first-order valence-electron chi connectivity index (χ1n) is 11.2. The molecule has 174 valence electrons. The maximum atomic E-state index is 12.6. The topological polar surface area (TPSA) is 99.0 Å². The van der Waals surface area contributed by atoms with Crippen LogP contribution in [0, 0.1) is 0 Å². The van der Waals surface area contributed by atoms with Crippen LogP contribution in [0.15, 0.2) is 77.5 Å².